The van der Waals surface area contributed by atoms with Crippen molar-refractivity contribution in [3.8, 4) is 11.5 Å². The number of phenols is 2. The quantitative estimate of drug-likeness (QED) is 0.255. The lowest BCUT2D eigenvalue weighted by Gasteiger charge is -2.34. The van der Waals surface area contributed by atoms with Crippen molar-refractivity contribution in [2.24, 2.45) is 5.73 Å². The summed E-state index contributed by atoms with van der Waals surface area (Å²) in [6, 6.07) is 0.571. The molecule has 1 aromatic rings. The Morgan fingerprint density at radius 3 is 2.15 bits per heavy atom. The Hall–Kier alpha value is -3.80. The van der Waals surface area contributed by atoms with Crippen LogP contribution in [0.3, 0.4) is 0 Å². The number of aliphatic carboxylic acids is 1. The molecule has 2 heterocycles. The number of nitrogens with one attached hydrogen (secondary N) is 1. The molecular formula is C15H16F3N5O9S. The van der Waals surface area contributed by atoms with Gasteiger partial charge in [-0.1, -0.05) is 0 Å². The number of halogens is 3. The fourth-order valence-electron chi connectivity index (χ4n) is 2.52. The van der Waals surface area contributed by atoms with Gasteiger partial charge in [0.1, 0.15) is 6.04 Å². The van der Waals surface area contributed by atoms with Gasteiger partial charge < -0.3 is 21.1 Å². The molecule has 0 aromatic heterocycles. The Morgan fingerprint density at radius 2 is 1.70 bits per heavy atom. The summed E-state index contributed by atoms with van der Waals surface area (Å²) in [5, 5.41) is 25.9. The molecule has 0 saturated carbocycles. The van der Waals surface area contributed by atoms with Crippen LogP contribution < -0.4 is 15.4 Å². The first kappa shape index (κ1) is 25.5. The van der Waals surface area contributed by atoms with E-state index in [4.69, 9.17) is 15.6 Å². The number of β-lactam (4-membered cyclic amide) rings is 1. The first-order chi connectivity index (χ1) is 15.1. The number of urea groups is 2. The largest absolute Gasteiger partial charge is 0.504 e. The van der Waals surface area contributed by atoms with Gasteiger partial charge in [0.05, 0.1) is 13.1 Å². The van der Waals surface area contributed by atoms with Crippen LogP contribution in [0.1, 0.15) is 0 Å². The maximum absolute atomic E-state index is 12.4. The standard InChI is InChI=1S/C13H15N5O7S.C2HF3O2/c14-8-6-17(11(8)21)12(22)15-26(24,25)18-4-3-16(13(18)23)7-1-2-9(19)10(20)5-7;3-2(4,5)1(6)7/h1-2,5,8,19-20H,3-4,6,14H2,(H,15,22);(H,6,7)/t8-;/m0./s1. The highest BCUT2D eigenvalue weighted by molar-refractivity contribution is 7.88. The summed E-state index contributed by atoms with van der Waals surface area (Å²) in [5.74, 6) is -4.34. The summed E-state index contributed by atoms with van der Waals surface area (Å²) in [6.07, 6.45) is -5.08. The Morgan fingerprint density at radius 1 is 1.12 bits per heavy atom. The highest BCUT2D eigenvalue weighted by Crippen LogP contribution is 2.31. The van der Waals surface area contributed by atoms with Crippen LogP contribution in [0, 0.1) is 0 Å². The zero-order valence-electron chi connectivity index (χ0n) is 16.2. The molecule has 18 heteroatoms. The molecule has 2 aliphatic rings. The summed E-state index contributed by atoms with van der Waals surface area (Å²) in [6.45, 7) is -0.407. The Bertz CT molecular complexity index is 1090. The van der Waals surface area contributed by atoms with E-state index in [0.717, 1.165) is 17.0 Å². The highest BCUT2D eigenvalue weighted by Gasteiger charge is 2.43. The van der Waals surface area contributed by atoms with E-state index in [2.05, 4.69) is 0 Å². The van der Waals surface area contributed by atoms with E-state index < -0.39 is 57.9 Å². The second-order valence-electron chi connectivity index (χ2n) is 6.45. The number of carbonyl (C=O) groups is 4. The van der Waals surface area contributed by atoms with Crippen molar-refractivity contribution in [1.82, 2.24) is 13.9 Å². The zero-order chi connectivity index (χ0) is 25.3. The number of carbonyl (C=O) groups excluding carboxylic acids is 3. The molecule has 33 heavy (non-hydrogen) atoms. The molecule has 0 aliphatic carbocycles. The Labute approximate surface area is 182 Å². The first-order valence-electron chi connectivity index (χ1n) is 8.61. The number of hydrogen-bond acceptors (Lipinski definition) is 9. The van der Waals surface area contributed by atoms with Crippen molar-refractivity contribution >= 4 is 39.8 Å². The zero-order valence-corrected chi connectivity index (χ0v) is 17.0. The number of imide groups is 1. The molecule has 2 saturated heterocycles. The molecular weight excluding hydrogens is 483 g/mol. The molecule has 182 valence electrons. The van der Waals surface area contributed by atoms with E-state index >= 15 is 0 Å². The van der Waals surface area contributed by atoms with Crippen molar-refractivity contribution in [2.45, 2.75) is 12.2 Å². The molecule has 0 bridgehead atoms. The number of carboxylic acids is 1. The van der Waals surface area contributed by atoms with E-state index in [1.54, 1.807) is 4.72 Å². The second kappa shape index (κ2) is 8.98. The minimum atomic E-state index is -5.08. The lowest BCUT2D eigenvalue weighted by Crippen LogP contribution is -2.66. The van der Waals surface area contributed by atoms with Crippen LogP contribution in [0.25, 0.3) is 0 Å². The molecule has 14 nitrogen and oxygen atoms in total. The molecule has 1 atom stereocenters. The minimum Gasteiger partial charge on any atom is -0.504 e. The topological polar surface area (TPSA) is 211 Å². The SMILES string of the molecule is N[C@H]1CN(C(=O)NS(=O)(=O)N2CCN(c3ccc(O)c(O)c3)C2=O)C1=O.O=C(O)C(F)(F)F. The van der Waals surface area contributed by atoms with Gasteiger partial charge in [-0.2, -0.15) is 21.6 Å². The molecule has 0 unspecified atom stereocenters. The maximum Gasteiger partial charge on any atom is 0.490 e. The van der Waals surface area contributed by atoms with Gasteiger partial charge in [-0.15, -0.1) is 0 Å². The van der Waals surface area contributed by atoms with Crippen LogP contribution in [-0.4, -0.2) is 88.7 Å². The molecule has 2 aliphatic heterocycles. The molecule has 2 fully saturated rings. The average molecular weight is 499 g/mol. The number of rotatable bonds is 3. The third-order valence-corrected chi connectivity index (χ3v) is 5.55. The number of carboxylic acid groups (broad SMARTS) is 1. The molecule has 0 radical (unpaired) electrons. The molecule has 3 rings (SSSR count). The second-order valence-corrected chi connectivity index (χ2v) is 8.04. The molecule has 0 spiro atoms. The summed E-state index contributed by atoms with van der Waals surface area (Å²) in [7, 11) is -4.53. The summed E-state index contributed by atoms with van der Waals surface area (Å²) in [5.41, 5.74) is 5.50. The van der Waals surface area contributed by atoms with Gasteiger partial charge in [-0.05, 0) is 12.1 Å². The number of nitrogens with two attached hydrogens (primary N) is 1. The van der Waals surface area contributed by atoms with E-state index in [0.29, 0.717) is 9.21 Å². The van der Waals surface area contributed by atoms with Gasteiger partial charge in [0.2, 0.25) is 5.91 Å². The van der Waals surface area contributed by atoms with Crippen molar-refractivity contribution in [3.05, 3.63) is 18.2 Å². The molecule has 5 amide bonds. The van der Waals surface area contributed by atoms with Crippen LogP contribution >= 0.6 is 0 Å². The van der Waals surface area contributed by atoms with Gasteiger partial charge >= 0.3 is 34.4 Å². The monoisotopic (exact) mass is 499 g/mol. The van der Waals surface area contributed by atoms with E-state index in [1.807, 2.05) is 0 Å². The van der Waals surface area contributed by atoms with Crippen molar-refractivity contribution in [3.63, 3.8) is 0 Å². The summed E-state index contributed by atoms with van der Waals surface area (Å²) >= 11 is 0. The van der Waals surface area contributed by atoms with Crippen molar-refractivity contribution < 1.29 is 56.1 Å². The fourth-order valence-corrected chi connectivity index (χ4v) is 3.58. The number of nitrogens with zero attached hydrogens (tertiary/aromatic N) is 3. The van der Waals surface area contributed by atoms with E-state index in [-0.39, 0.29) is 25.3 Å². The highest BCUT2D eigenvalue weighted by atomic mass is 32.2. The number of amides is 5. The average Bonchev–Trinajstić information content (AvgIpc) is 3.09. The Kier molecular flexibility index (Phi) is 6.93. The number of alkyl halides is 3. The van der Waals surface area contributed by atoms with Gasteiger partial charge in [0.15, 0.2) is 11.5 Å². The van der Waals surface area contributed by atoms with Crippen LogP contribution in [0.15, 0.2) is 18.2 Å². The lowest BCUT2D eigenvalue weighted by atomic mass is 10.1. The Balaban J connectivity index is 0.000000479. The van der Waals surface area contributed by atoms with Crippen molar-refractivity contribution in [2.75, 3.05) is 24.5 Å². The third kappa shape index (κ3) is 5.52. The van der Waals surface area contributed by atoms with Crippen molar-refractivity contribution in [1.29, 1.82) is 0 Å². The van der Waals surface area contributed by atoms with E-state index in [1.165, 1.54) is 6.07 Å². The van der Waals surface area contributed by atoms with Crippen LogP contribution in [0.4, 0.5) is 28.4 Å². The predicted molar refractivity (Wildman–Crippen MR) is 100 cm³/mol. The van der Waals surface area contributed by atoms with E-state index in [9.17, 15) is 46.2 Å². The van der Waals surface area contributed by atoms with Gasteiger partial charge in [0.25, 0.3) is 0 Å². The normalized spacial score (nSPS) is 18.4. The molecule has 6 N–H and O–H groups in total. The van der Waals surface area contributed by atoms with Gasteiger partial charge in [-0.25, -0.2) is 23.4 Å². The maximum atomic E-state index is 12.4. The van der Waals surface area contributed by atoms with Gasteiger partial charge in [0, 0.05) is 18.3 Å². The number of likely N-dealkylation sites (tertiary alicyclic amines) is 1. The summed E-state index contributed by atoms with van der Waals surface area (Å²) < 4.78 is 58.4. The van der Waals surface area contributed by atoms with Crippen LogP contribution in [0.5, 0.6) is 11.5 Å². The smallest absolute Gasteiger partial charge is 0.490 e. The number of anilines is 1. The number of aromatic hydroxyl groups is 2. The van der Waals surface area contributed by atoms with Crippen LogP contribution in [-0.2, 0) is 19.8 Å². The number of phenolic OH excluding ortho intramolecular Hbond substituents is 2. The molecule has 1 aromatic carbocycles. The summed E-state index contributed by atoms with van der Waals surface area (Å²) in [4.78, 5) is 46.2. The van der Waals surface area contributed by atoms with Gasteiger partial charge in [-0.3, -0.25) is 14.6 Å². The first-order valence-corrected chi connectivity index (χ1v) is 10.0. The number of hydrogen-bond donors (Lipinski definition) is 5. The fraction of sp³-hybridized carbons (Fsp3) is 0.333. The minimum absolute atomic E-state index is 0.0360. The predicted octanol–water partition coefficient (Wildman–Crippen LogP) is -0.903. The van der Waals surface area contributed by atoms with Crippen LogP contribution in [0.2, 0.25) is 0 Å². The third-order valence-electron chi connectivity index (χ3n) is 4.20. The number of benzene rings is 1. The lowest BCUT2D eigenvalue weighted by molar-refractivity contribution is -0.192.